The summed E-state index contributed by atoms with van der Waals surface area (Å²) in [5, 5.41) is 0. The summed E-state index contributed by atoms with van der Waals surface area (Å²) in [6.45, 7) is 12.9. The zero-order valence-electron chi connectivity index (χ0n) is 12.6. The van der Waals surface area contributed by atoms with E-state index in [4.69, 9.17) is 0 Å². The molecule has 2 aliphatic rings. The van der Waals surface area contributed by atoms with Crippen molar-refractivity contribution in [3.63, 3.8) is 0 Å². The molecule has 18 heavy (non-hydrogen) atoms. The summed E-state index contributed by atoms with van der Waals surface area (Å²) < 4.78 is 0. The molecule has 1 unspecified atom stereocenters. The Labute approximate surface area is 135 Å². The second kappa shape index (κ2) is 12.1. The van der Waals surface area contributed by atoms with Gasteiger partial charge >= 0.3 is 26.2 Å². The monoisotopic (exact) mass is 335 g/mol. The third-order valence-corrected chi connectivity index (χ3v) is 2.20. The predicted molar refractivity (Wildman–Crippen MR) is 80.4 cm³/mol. The molecule has 0 heterocycles. The van der Waals surface area contributed by atoms with E-state index >= 15 is 0 Å². The minimum atomic E-state index is 0. The molecule has 2 rings (SSSR count). The van der Waals surface area contributed by atoms with Gasteiger partial charge in [0.25, 0.3) is 0 Å². The van der Waals surface area contributed by atoms with Crippen molar-refractivity contribution in [2.24, 2.45) is 5.92 Å². The van der Waals surface area contributed by atoms with Gasteiger partial charge in [-0.05, 0) is 0 Å². The van der Waals surface area contributed by atoms with Gasteiger partial charge in [-0.25, -0.2) is 23.3 Å². The maximum Gasteiger partial charge on any atom is 2.00 e. The molecular weight excluding hydrogens is 311 g/mol. The van der Waals surface area contributed by atoms with Gasteiger partial charge in [0.2, 0.25) is 0 Å². The fraction of sp³-hybridized carbons (Fsp3) is 0.500. The Balaban J connectivity index is 0. The van der Waals surface area contributed by atoms with Crippen LogP contribution in [0, 0.1) is 18.1 Å². The summed E-state index contributed by atoms with van der Waals surface area (Å²) in [5.74, 6) is 0.556. The SMILES string of the molecule is CC1=CC(C)[C-]=C1.CC1=[C-]CC(C)=C1.C[SiH]C.[Zr+2]. The molecule has 2 aliphatic carbocycles. The molecule has 0 spiro atoms. The van der Waals surface area contributed by atoms with E-state index in [0.29, 0.717) is 5.92 Å². The molecule has 0 bridgehead atoms. The van der Waals surface area contributed by atoms with Crippen LogP contribution in [-0.2, 0) is 26.2 Å². The van der Waals surface area contributed by atoms with Crippen LogP contribution in [0.25, 0.3) is 0 Å². The van der Waals surface area contributed by atoms with E-state index in [1.54, 1.807) is 0 Å². The second-order valence-electron chi connectivity index (χ2n) is 4.61. The summed E-state index contributed by atoms with van der Waals surface area (Å²) >= 11 is 0. The van der Waals surface area contributed by atoms with E-state index in [2.05, 4.69) is 65.1 Å². The molecule has 0 amide bonds. The first kappa shape index (κ1) is 20.4. The molecule has 0 saturated carbocycles. The van der Waals surface area contributed by atoms with Gasteiger partial charge in [0.15, 0.2) is 0 Å². The minimum Gasteiger partial charge on any atom is -0.270 e. The third kappa shape index (κ3) is 11.2. The molecule has 2 heteroatoms. The third-order valence-electron chi connectivity index (χ3n) is 2.20. The van der Waals surface area contributed by atoms with Crippen molar-refractivity contribution in [3.8, 4) is 0 Å². The average Bonchev–Trinajstić information content (AvgIpc) is 2.78. The molecule has 1 atom stereocenters. The first-order valence-electron chi connectivity index (χ1n) is 6.25. The molecule has 0 aliphatic heterocycles. The zero-order valence-corrected chi connectivity index (χ0v) is 16.2. The molecule has 0 aromatic heterocycles. The number of hydrogen-bond donors (Lipinski definition) is 0. The van der Waals surface area contributed by atoms with Crippen molar-refractivity contribution < 1.29 is 26.2 Å². The van der Waals surface area contributed by atoms with Gasteiger partial charge in [-0.1, -0.05) is 39.8 Å². The van der Waals surface area contributed by atoms with Crippen molar-refractivity contribution in [1.29, 1.82) is 0 Å². The maximum atomic E-state index is 3.19. The summed E-state index contributed by atoms with van der Waals surface area (Å²) in [4.78, 5) is 0. The van der Waals surface area contributed by atoms with Gasteiger partial charge in [-0.3, -0.25) is 12.2 Å². The Bertz CT molecular complexity index is 335. The van der Waals surface area contributed by atoms with Crippen LogP contribution in [0.15, 0.2) is 34.9 Å². The van der Waals surface area contributed by atoms with E-state index < -0.39 is 0 Å². The van der Waals surface area contributed by atoms with Crippen molar-refractivity contribution in [1.82, 2.24) is 0 Å². The molecule has 0 saturated heterocycles. The number of hydrogen-bond acceptors (Lipinski definition) is 0. The molecule has 0 aromatic rings. The Morgan fingerprint density at radius 2 is 1.78 bits per heavy atom. The summed E-state index contributed by atoms with van der Waals surface area (Å²) in [6.07, 6.45) is 13.8. The molecule has 0 nitrogen and oxygen atoms in total. The van der Waals surface area contributed by atoms with Gasteiger partial charge in [0.1, 0.15) is 0 Å². The molecule has 0 aromatic carbocycles. The summed E-state index contributed by atoms with van der Waals surface area (Å²) in [5.41, 5.74) is 4.06. The Morgan fingerprint density at radius 1 is 1.22 bits per heavy atom. The van der Waals surface area contributed by atoms with E-state index in [-0.39, 0.29) is 26.2 Å². The molecule has 97 valence electrons. The van der Waals surface area contributed by atoms with E-state index in [1.165, 1.54) is 16.7 Å². The average molecular weight is 337 g/mol. The van der Waals surface area contributed by atoms with Crippen LogP contribution >= 0.6 is 0 Å². The topological polar surface area (TPSA) is 0 Å². The van der Waals surface area contributed by atoms with E-state index in [1.807, 2.05) is 6.08 Å². The van der Waals surface area contributed by atoms with E-state index in [0.717, 1.165) is 15.9 Å². The minimum absolute atomic E-state index is 0. The van der Waals surface area contributed by atoms with Crippen molar-refractivity contribution in [2.75, 3.05) is 0 Å². The normalized spacial score (nSPS) is 19.4. The largest absolute Gasteiger partial charge is 2.00 e. The molecular formula is C16H25SiZr. The second-order valence-corrected chi connectivity index (χ2v) is 5.77. The van der Waals surface area contributed by atoms with Crippen LogP contribution < -0.4 is 0 Å². The predicted octanol–water partition coefficient (Wildman–Crippen LogP) is 4.54. The zero-order chi connectivity index (χ0) is 13.3. The van der Waals surface area contributed by atoms with Gasteiger partial charge in [-0.2, -0.15) is 11.6 Å². The number of allylic oxidation sites excluding steroid dienone is 8. The Kier molecular flexibility index (Phi) is 13.7. The van der Waals surface area contributed by atoms with Crippen LogP contribution in [0.2, 0.25) is 13.1 Å². The van der Waals surface area contributed by atoms with Gasteiger partial charge in [0, 0.05) is 9.52 Å². The van der Waals surface area contributed by atoms with Crippen molar-refractivity contribution >= 4 is 9.52 Å². The molecule has 0 fully saturated rings. The fourth-order valence-electron chi connectivity index (χ4n) is 1.50. The Hall–Kier alpha value is 0.0600. The van der Waals surface area contributed by atoms with Crippen LogP contribution in [0.1, 0.15) is 34.1 Å². The van der Waals surface area contributed by atoms with Crippen molar-refractivity contribution in [3.05, 3.63) is 47.1 Å². The van der Waals surface area contributed by atoms with Crippen LogP contribution in [0.4, 0.5) is 0 Å². The molecule has 0 N–H and O–H groups in total. The standard InChI is InChI=1S/2C7H9.C2H7Si.Zr/c2*1-6-3-4-7(2)5-6;1-3-2;/h5H,3H2,1-2H3;3,5,7H,1-2H3;3H,1-2H3;/q2*-1;;+2. The van der Waals surface area contributed by atoms with Crippen LogP contribution in [0.3, 0.4) is 0 Å². The van der Waals surface area contributed by atoms with E-state index in [9.17, 15) is 0 Å². The first-order chi connectivity index (χ1) is 7.99. The van der Waals surface area contributed by atoms with Crippen molar-refractivity contribution in [2.45, 2.75) is 47.2 Å². The molecule has 1 radical (unpaired) electrons. The van der Waals surface area contributed by atoms with Gasteiger partial charge in [0.05, 0.1) is 0 Å². The fourth-order valence-corrected chi connectivity index (χ4v) is 1.50. The van der Waals surface area contributed by atoms with Crippen LogP contribution in [-0.4, -0.2) is 9.52 Å². The first-order valence-corrected chi connectivity index (χ1v) is 8.56. The summed E-state index contributed by atoms with van der Waals surface area (Å²) in [6, 6.07) is 0. The number of rotatable bonds is 0. The van der Waals surface area contributed by atoms with Gasteiger partial charge < -0.3 is 0 Å². The summed E-state index contributed by atoms with van der Waals surface area (Å²) in [7, 11) is 0.750. The maximum absolute atomic E-state index is 3.19. The quantitative estimate of drug-likeness (QED) is 0.450. The Morgan fingerprint density at radius 3 is 1.89 bits per heavy atom. The smallest absolute Gasteiger partial charge is 0.270 e. The van der Waals surface area contributed by atoms with Gasteiger partial charge in [-0.15, -0.1) is 13.3 Å². The van der Waals surface area contributed by atoms with Crippen LogP contribution in [0.5, 0.6) is 0 Å².